The normalized spacial score (nSPS) is 12.8. The summed E-state index contributed by atoms with van der Waals surface area (Å²) >= 11 is 0. The highest BCUT2D eigenvalue weighted by molar-refractivity contribution is 5.76. The highest BCUT2D eigenvalue weighted by Gasteiger charge is 2.18. The van der Waals surface area contributed by atoms with Crippen molar-refractivity contribution in [1.29, 1.82) is 0 Å². The van der Waals surface area contributed by atoms with Crippen molar-refractivity contribution in [3.05, 3.63) is 36.5 Å². The molecule has 0 radical (unpaired) electrons. The highest BCUT2D eigenvalue weighted by Crippen LogP contribution is 2.16. The summed E-state index contributed by atoms with van der Waals surface area (Å²) in [5.74, 6) is -0.136. The molecule has 0 aliphatic carbocycles. The lowest BCUT2D eigenvalue weighted by molar-refractivity contribution is -0.143. The second-order valence-corrected chi connectivity index (χ2v) is 20.0. The fourth-order valence-electron chi connectivity index (χ4n) is 8.86. The van der Waals surface area contributed by atoms with E-state index in [-0.39, 0.29) is 18.5 Å². The van der Waals surface area contributed by atoms with Crippen molar-refractivity contribution in [3.8, 4) is 0 Å². The number of ether oxygens (including phenoxy) is 1. The van der Waals surface area contributed by atoms with Crippen LogP contribution in [0, 0.1) is 0 Å². The Kier molecular flexibility index (Phi) is 54.1. The van der Waals surface area contributed by atoms with Crippen molar-refractivity contribution in [2.75, 3.05) is 13.2 Å². The first-order valence-corrected chi connectivity index (χ1v) is 29.3. The van der Waals surface area contributed by atoms with Crippen LogP contribution in [0.3, 0.4) is 0 Å². The number of hydrogen-bond donors (Lipinski definition) is 3. The molecule has 0 rings (SSSR count). The number of aliphatic hydroxyl groups is 2. The van der Waals surface area contributed by atoms with Gasteiger partial charge in [0.1, 0.15) is 0 Å². The molecular weight excluding hydrogens is 815 g/mol. The van der Waals surface area contributed by atoms with Gasteiger partial charge in [-0.3, -0.25) is 9.59 Å². The Labute approximate surface area is 411 Å². The third-order valence-corrected chi connectivity index (χ3v) is 13.4. The summed E-state index contributed by atoms with van der Waals surface area (Å²) in [6, 6.07) is -0.651. The monoisotopic (exact) mass is 928 g/mol. The Bertz CT molecular complexity index is 1070. The van der Waals surface area contributed by atoms with Crippen LogP contribution in [0.4, 0.5) is 0 Å². The van der Waals surface area contributed by atoms with E-state index in [1.165, 1.54) is 199 Å². The van der Waals surface area contributed by atoms with E-state index in [9.17, 15) is 19.8 Å². The Hall–Kier alpha value is -1.92. The summed E-state index contributed by atoms with van der Waals surface area (Å²) in [5.41, 5.74) is 0. The first-order valence-electron chi connectivity index (χ1n) is 29.3. The van der Waals surface area contributed by atoms with E-state index in [0.29, 0.717) is 19.4 Å². The molecule has 2 atom stereocenters. The zero-order chi connectivity index (χ0) is 47.9. The molecule has 3 N–H and O–H groups in total. The fraction of sp³-hybridized carbons (Fsp3) is 0.867. The largest absolute Gasteiger partial charge is 0.466 e. The molecule has 0 aromatic rings. The van der Waals surface area contributed by atoms with Gasteiger partial charge in [0.25, 0.3) is 0 Å². The Morgan fingerprint density at radius 3 is 1.08 bits per heavy atom. The minimum atomic E-state index is -0.864. The van der Waals surface area contributed by atoms with Crippen LogP contribution in [0.15, 0.2) is 36.5 Å². The SMILES string of the molecule is CCCCCCCCC/C=C\CCCCCCCC(=O)OCCCC/C=C\CCCCCCCC(=O)NC(CO)C(O)/C=C/CCCCCCCCCCCCCCCCCCCCCC. The van der Waals surface area contributed by atoms with E-state index in [1.807, 2.05) is 6.08 Å². The van der Waals surface area contributed by atoms with Gasteiger partial charge in [-0.25, -0.2) is 0 Å². The number of amides is 1. The summed E-state index contributed by atoms with van der Waals surface area (Å²) < 4.78 is 5.44. The number of allylic oxidation sites excluding steroid dienone is 5. The van der Waals surface area contributed by atoms with Crippen LogP contribution in [-0.2, 0) is 14.3 Å². The smallest absolute Gasteiger partial charge is 0.305 e. The van der Waals surface area contributed by atoms with Crippen molar-refractivity contribution in [2.45, 2.75) is 321 Å². The van der Waals surface area contributed by atoms with Crippen molar-refractivity contribution in [3.63, 3.8) is 0 Å². The number of hydrogen-bond acceptors (Lipinski definition) is 5. The van der Waals surface area contributed by atoms with Gasteiger partial charge >= 0.3 is 5.97 Å². The van der Waals surface area contributed by atoms with E-state index < -0.39 is 12.1 Å². The second-order valence-electron chi connectivity index (χ2n) is 20.0. The standard InChI is InChI=1S/C60H113NO5/c1-3-5-7-9-11-13-15-17-19-21-22-23-24-25-26-27-29-32-36-40-44-48-52-58(63)57(56-62)61-59(64)53-49-45-41-37-33-31-35-39-43-47-51-55-66-60(65)54-50-46-42-38-34-30-28-20-18-16-14-12-10-8-6-4-2/h20,28,35,39,48,52,57-58,62-63H,3-19,21-27,29-34,36-38,40-47,49-51,53-56H2,1-2H3,(H,61,64)/b28-20-,39-35-,52-48+. The van der Waals surface area contributed by atoms with Gasteiger partial charge in [-0.1, -0.05) is 249 Å². The van der Waals surface area contributed by atoms with E-state index in [4.69, 9.17) is 4.74 Å². The molecule has 388 valence electrons. The van der Waals surface area contributed by atoms with E-state index in [2.05, 4.69) is 43.5 Å². The lowest BCUT2D eigenvalue weighted by Crippen LogP contribution is -2.45. The predicted octanol–water partition coefficient (Wildman–Crippen LogP) is 18.0. The molecule has 2 unspecified atom stereocenters. The van der Waals surface area contributed by atoms with Gasteiger partial charge in [-0.05, 0) is 83.5 Å². The van der Waals surface area contributed by atoms with E-state index >= 15 is 0 Å². The average Bonchev–Trinajstić information content (AvgIpc) is 3.32. The van der Waals surface area contributed by atoms with Crippen LogP contribution >= 0.6 is 0 Å². The Morgan fingerprint density at radius 2 is 0.712 bits per heavy atom. The van der Waals surface area contributed by atoms with E-state index in [1.54, 1.807) is 6.08 Å². The van der Waals surface area contributed by atoms with Gasteiger partial charge in [-0.15, -0.1) is 0 Å². The summed E-state index contributed by atoms with van der Waals surface area (Å²) in [4.78, 5) is 24.5. The maximum atomic E-state index is 12.5. The van der Waals surface area contributed by atoms with Gasteiger partial charge in [0.05, 0.1) is 25.4 Å². The molecule has 0 saturated carbocycles. The molecule has 0 aliphatic rings. The summed E-state index contributed by atoms with van der Waals surface area (Å²) in [6.07, 6.45) is 68.8. The summed E-state index contributed by atoms with van der Waals surface area (Å²) in [7, 11) is 0. The molecule has 0 aromatic carbocycles. The molecule has 0 heterocycles. The number of carbonyl (C=O) groups excluding carboxylic acids is 2. The number of aliphatic hydroxyl groups excluding tert-OH is 2. The van der Waals surface area contributed by atoms with Gasteiger partial charge in [0, 0.05) is 12.8 Å². The third kappa shape index (κ3) is 51.5. The average molecular weight is 929 g/mol. The molecule has 0 fully saturated rings. The van der Waals surface area contributed by atoms with Crippen molar-refractivity contribution < 1.29 is 24.5 Å². The zero-order valence-electron chi connectivity index (χ0n) is 44.2. The van der Waals surface area contributed by atoms with Crippen LogP contribution in [0.5, 0.6) is 0 Å². The minimum Gasteiger partial charge on any atom is -0.466 e. The summed E-state index contributed by atoms with van der Waals surface area (Å²) in [5, 5.41) is 23.2. The second kappa shape index (κ2) is 55.7. The van der Waals surface area contributed by atoms with Crippen LogP contribution in [0.2, 0.25) is 0 Å². The zero-order valence-corrected chi connectivity index (χ0v) is 44.2. The molecular formula is C60H113NO5. The lowest BCUT2D eigenvalue weighted by Gasteiger charge is -2.20. The third-order valence-electron chi connectivity index (χ3n) is 13.4. The molecule has 0 aromatic heterocycles. The van der Waals surface area contributed by atoms with Gasteiger partial charge in [0.15, 0.2) is 0 Å². The highest BCUT2D eigenvalue weighted by atomic mass is 16.5. The Balaban J connectivity index is 3.54. The molecule has 0 spiro atoms. The van der Waals surface area contributed by atoms with Gasteiger partial charge in [-0.2, -0.15) is 0 Å². The fourth-order valence-corrected chi connectivity index (χ4v) is 8.86. The van der Waals surface area contributed by atoms with Crippen LogP contribution < -0.4 is 5.32 Å². The number of unbranched alkanes of at least 4 members (excludes halogenated alkanes) is 39. The molecule has 0 saturated heterocycles. The molecule has 66 heavy (non-hydrogen) atoms. The van der Waals surface area contributed by atoms with Gasteiger partial charge in [0.2, 0.25) is 5.91 Å². The molecule has 0 aliphatic heterocycles. The number of nitrogens with one attached hydrogen (secondary N) is 1. The number of carbonyl (C=O) groups is 2. The maximum absolute atomic E-state index is 12.5. The van der Waals surface area contributed by atoms with Crippen molar-refractivity contribution in [2.24, 2.45) is 0 Å². The first-order chi connectivity index (χ1) is 32.5. The topological polar surface area (TPSA) is 95.9 Å². The number of esters is 1. The van der Waals surface area contributed by atoms with Crippen LogP contribution in [0.1, 0.15) is 309 Å². The Morgan fingerprint density at radius 1 is 0.409 bits per heavy atom. The van der Waals surface area contributed by atoms with E-state index in [0.717, 1.165) is 83.5 Å². The molecule has 6 heteroatoms. The lowest BCUT2D eigenvalue weighted by atomic mass is 10.0. The molecule has 1 amide bonds. The van der Waals surface area contributed by atoms with Gasteiger partial charge < -0.3 is 20.3 Å². The minimum absolute atomic E-state index is 0.0401. The van der Waals surface area contributed by atoms with Crippen LogP contribution in [0.25, 0.3) is 0 Å². The first kappa shape index (κ1) is 64.1. The quantitative estimate of drug-likeness (QED) is 0.0321. The predicted molar refractivity (Wildman–Crippen MR) is 287 cm³/mol. The maximum Gasteiger partial charge on any atom is 0.305 e. The summed E-state index contributed by atoms with van der Waals surface area (Å²) in [6.45, 7) is 4.83. The van der Waals surface area contributed by atoms with Crippen molar-refractivity contribution in [1.82, 2.24) is 5.32 Å². The van der Waals surface area contributed by atoms with Crippen LogP contribution in [-0.4, -0.2) is 47.4 Å². The van der Waals surface area contributed by atoms with Crippen molar-refractivity contribution >= 4 is 11.9 Å². The number of rotatable bonds is 54. The molecule has 6 nitrogen and oxygen atoms in total. The molecule has 0 bridgehead atoms.